The summed E-state index contributed by atoms with van der Waals surface area (Å²) >= 11 is 0. The van der Waals surface area contributed by atoms with E-state index in [0.29, 0.717) is 17.2 Å². The van der Waals surface area contributed by atoms with Gasteiger partial charge in [0.2, 0.25) is 0 Å². The highest BCUT2D eigenvalue weighted by molar-refractivity contribution is 6.07. The third-order valence-corrected chi connectivity index (χ3v) is 4.20. The number of amides is 1. The summed E-state index contributed by atoms with van der Waals surface area (Å²) in [5, 5.41) is 5.10. The van der Waals surface area contributed by atoms with E-state index in [4.69, 9.17) is 9.47 Å². The van der Waals surface area contributed by atoms with E-state index in [1.165, 1.54) is 5.39 Å². The highest BCUT2D eigenvalue weighted by Gasteiger charge is 2.07. The Bertz CT molecular complexity index is 1080. The van der Waals surface area contributed by atoms with Gasteiger partial charge in [-0.15, -0.1) is 0 Å². The van der Waals surface area contributed by atoms with Crippen LogP contribution in [0, 0.1) is 0 Å². The average Bonchev–Trinajstić information content (AvgIpc) is 3.04. The first-order valence-electron chi connectivity index (χ1n) is 8.30. The van der Waals surface area contributed by atoms with E-state index in [1.807, 2.05) is 48.5 Å². The van der Waals surface area contributed by atoms with Gasteiger partial charge in [0, 0.05) is 34.1 Å². The van der Waals surface area contributed by atoms with Crippen LogP contribution < -0.4 is 14.8 Å². The molecule has 0 atom stereocenters. The Morgan fingerprint density at radius 2 is 1.77 bits per heavy atom. The number of fused-ring (bicyclic) bond motifs is 3. The predicted molar refractivity (Wildman–Crippen MR) is 103 cm³/mol. The van der Waals surface area contributed by atoms with Crippen LogP contribution >= 0.6 is 0 Å². The minimum absolute atomic E-state index is 0.0665. The second kappa shape index (κ2) is 6.80. The van der Waals surface area contributed by atoms with Crippen molar-refractivity contribution in [2.24, 2.45) is 0 Å². The molecule has 0 fully saturated rings. The molecule has 2 N–H and O–H groups in total. The number of nitrogens with one attached hydrogen (secondary N) is 2. The first kappa shape index (κ1) is 16.0. The maximum Gasteiger partial charge on any atom is 0.262 e. The molecule has 0 bridgehead atoms. The molecule has 1 aromatic heterocycles. The van der Waals surface area contributed by atoms with Gasteiger partial charge < -0.3 is 19.8 Å². The molecular formula is C21H18N2O3. The van der Waals surface area contributed by atoms with Gasteiger partial charge >= 0.3 is 0 Å². The second-order valence-corrected chi connectivity index (χ2v) is 5.95. The topological polar surface area (TPSA) is 63.4 Å². The van der Waals surface area contributed by atoms with Crippen LogP contribution in [0.15, 0.2) is 66.7 Å². The lowest BCUT2D eigenvalue weighted by Gasteiger charge is -2.08. The Labute approximate surface area is 150 Å². The second-order valence-electron chi connectivity index (χ2n) is 5.95. The number of carbonyl (C=O) groups is 1. The molecule has 5 nitrogen and oxygen atoms in total. The van der Waals surface area contributed by atoms with Crippen molar-refractivity contribution in [2.75, 3.05) is 19.0 Å². The third-order valence-electron chi connectivity index (χ3n) is 4.20. The van der Waals surface area contributed by atoms with Gasteiger partial charge in [-0.1, -0.05) is 24.3 Å². The number of hydrogen-bond acceptors (Lipinski definition) is 3. The standard InChI is InChI=1S/C21H18N2O3/c1-25-15-6-4-5-14(11-15)22-21(24)13-26-16-9-10-18-17-7-2-3-8-19(17)23-20(18)12-16/h2-12,23H,13H2,1H3,(H,22,24). The molecule has 130 valence electrons. The van der Waals surface area contributed by atoms with Crippen molar-refractivity contribution in [1.82, 2.24) is 4.98 Å². The summed E-state index contributed by atoms with van der Waals surface area (Å²) in [5.74, 6) is 1.10. The quantitative estimate of drug-likeness (QED) is 0.565. The molecule has 0 radical (unpaired) electrons. The van der Waals surface area contributed by atoms with Crippen LogP contribution in [0.3, 0.4) is 0 Å². The molecule has 4 rings (SSSR count). The molecule has 26 heavy (non-hydrogen) atoms. The highest BCUT2D eigenvalue weighted by Crippen LogP contribution is 2.28. The van der Waals surface area contributed by atoms with E-state index < -0.39 is 0 Å². The number of ether oxygens (including phenoxy) is 2. The van der Waals surface area contributed by atoms with Gasteiger partial charge in [-0.05, 0) is 30.3 Å². The third kappa shape index (κ3) is 3.19. The van der Waals surface area contributed by atoms with Crippen LogP contribution in [-0.2, 0) is 4.79 Å². The molecule has 1 amide bonds. The largest absolute Gasteiger partial charge is 0.497 e. The van der Waals surface area contributed by atoms with E-state index in [2.05, 4.69) is 16.4 Å². The van der Waals surface area contributed by atoms with Crippen molar-refractivity contribution in [3.05, 3.63) is 66.7 Å². The number of H-pyrrole nitrogens is 1. The van der Waals surface area contributed by atoms with Crippen molar-refractivity contribution in [1.29, 1.82) is 0 Å². The van der Waals surface area contributed by atoms with Crippen LogP contribution in [0.2, 0.25) is 0 Å². The van der Waals surface area contributed by atoms with Gasteiger partial charge in [0.1, 0.15) is 11.5 Å². The molecule has 0 aliphatic carbocycles. The van der Waals surface area contributed by atoms with Crippen LogP contribution in [0.4, 0.5) is 5.69 Å². The van der Waals surface area contributed by atoms with E-state index in [-0.39, 0.29) is 12.5 Å². The zero-order chi connectivity index (χ0) is 17.9. The Hall–Kier alpha value is -3.47. The Morgan fingerprint density at radius 1 is 0.923 bits per heavy atom. The lowest BCUT2D eigenvalue weighted by molar-refractivity contribution is -0.118. The number of anilines is 1. The zero-order valence-electron chi connectivity index (χ0n) is 14.3. The number of carbonyl (C=O) groups excluding carboxylic acids is 1. The van der Waals surface area contributed by atoms with Crippen molar-refractivity contribution in [3.63, 3.8) is 0 Å². The normalized spacial score (nSPS) is 10.8. The van der Waals surface area contributed by atoms with E-state index >= 15 is 0 Å². The molecule has 0 unspecified atom stereocenters. The Balaban J connectivity index is 1.45. The molecule has 0 saturated carbocycles. The van der Waals surface area contributed by atoms with E-state index in [1.54, 1.807) is 19.2 Å². The minimum Gasteiger partial charge on any atom is -0.497 e. The fourth-order valence-corrected chi connectivity index (χ4v) is 2.97. The van der Waals surface area contributed by atoms with Crippen LogP contribution in [0.5, 0.6) is 11.5 Å². The summed E-state index contributed by atoms with van der Waals surface area (Å²) in [4.78, 5) is 15.5. The molecular weight excluding hydrogens is 328 g/mol. The molecule has 3 aromatic carbocycles. The summed E-state index contributed by atoms with van der Waals surface area (Å²) in [6, 6.07) is 21.1. The van der Waals surface area contributed by atoms with Crippen LogP contribution in [0.25, 0.3) is 21.8 Å². The fourth-order valence-electron chi connectivity index (χ4n) is 2.97. The highest BCUT2D eigenvalue weighted by atomic mass is 16.5. The SMILES string of the molecule is COc1cccc(NC(=O)COc2ccc3c(c2)[nH]c2ccccc23)c1. The number of para-hydroxylation sites is 1. The van der Waals surface area contributed by atoms with Gasteiger partial charge in [0.25, 0.3) is 5.91 Å². The monoisotopic (exact) mass is 346 g/mol. The summed E-state index contributed by atoms with van der Waals surface area (Å²) in [6.07, 6.45) is 0. The molecule has 4 aromatic rings. The predicted octanol–water partition coefficient (Wildman–Crippen LogP) is 4.35. The van der Waals surface area contributed by atoms with Gasteiger partial charge in [-0.25, -0.2) is 0 Å². The summed E-state index contributed by atoms with van der Waals surface area (Å²) in [6.45, 7) is -0.0665. The van der Waals surface area contributed by atoms with Crippen molar-refractivity contribution < 1.29 is 14.3 Å². The number of aromatic nitrogens is 1. The van der Waals surface area contributed by atoms with Crippen molar-refractivity contribution >= 4 is 33.4 Å². The number of rotatable bonds is 5. The van der Waals surface area contributed by atoms with Gasteiger partial charge in [-0.2, -0.15) is 0 Å². The summed E-state index contributed by atoms with van der Waals surface area (Å²) in [7, 11) is 1.59. The van der Waals surface area contributed by atoms with E-state index in [0.717, 1.165) is 16.4 Å². The minimum atomic E-state index is -0.227. The molecule has 0 aliphatic rings. The summed E-state index contributed by atoms with van der Waals surface area (Å²) < 4.78 is 10.8. The summed E-state index contributed by atoms with van der Waals surface area (Å²) in [5.41, 5.74) is 2.73. The van der Waals surface area contributed by atoms with Crippen LogP contribution in [-0.4, -0.2) is 24.6 Å². The van der Waals surface area contributed by atoms with Gasteiger partial charge in [0.15, 0.2) is 6.61 Å². The van der Waals surface area contributed by atoms with Crippen LogP contribution in [0.1, 0.15) is 0 Å². The Morgan fingerprint density at radius 3 is 2.65 bits per heavy atom. The fraction of sp³-hybridized carbons (Fsp3) is 0.0952. The van der Waals surface area contributed by atoms with Gasteiger partial charge in [-0.3, -0.25) is 4.79 Å². The average molecular weight is 346 g/mol. The Kier molecular flexibility index (Phi) is 4.19. The maximum absolute atomic E-state index is 12.1. The van der Waals surface area contributed by atoms with E-state index in [9.17, 15) is 4.79 Å². The number of benzene rings is 3. The molecule has 5 heteroatoms. The molecule has 0 aliphatic heterocycles. The maximum atomic E-state index is 12.1. The first-order valence-corrected chi connectivity index (χ1v) is 8.30. The number of hydrogen-bond donors (Lipinski definition) is 2. The molecule has 1 heterocycles. The smallest absolute Gasteiger partial charge is 0.262 e. The van der Waals surface area contributed by atoms with Crippen molar-refractivity contribution in [2.45, 2.75) is 0 Å². The lowest BCUT2D eigenvalue weighted by atomic mass is 10.1. The lowest BCUT2D eigenvalue weighted by Crippen LogP contribution is -2.20. The molecule has 0 saturated heterocycles. The molecule has 0 spiro atoms. The van der Waals surface area contributed by atoms with Gasteiger partial charge in [0.05, 0.1) is 12.6 Å². The number of methoxy groups -OCH3 is 1. The van der Waals surface area contributed by atoms with Crippen molar-refractivity contribution in [3.8, 4) is 11.5 Å². The first-order chi connectivity index (χ1) is 12.7. The zero-order valence-corrected chi connectivity index (χ0v) is 14.3. The number of aromatic amines is 1.